The standard InChI is InChI=1S/C12H25N3S/c1-9(2)8-14-12(13)15-10-5-4-6-11(7-10)16-3/h9-11H,4-8H2,1-3H3,(H3,13,14,15). The molecule has 0 heterocycles. The van der Waals surface area contributed by atoms with E-state index in [2.05, 4.69) is 30.4 Å². The van der Waals surface area contributed by atoms with Crippen molar-refractivity contribution in [3.8, 4) is 0 Å². The van der Waals surface area contributed by atoms with E-state index in [1.54, 1.807) is 0 Å². The molecule has 1 aliphatic carbocycles. The predicted molar refractivity (Wildman–Crippen MR) is 74.0 cm³/mol. The first-order valence-corrected chi connectivity index (χ1v) is 7.49. The normalized spacial score (nSPS) is 27.1. The Bertz CT molecular complexity index is 228. The molecule has 0 spiro atoms. The SMILES string of the molecule is CSC1CCCC(NC(N)=NCC(C)C)C1. The molecule has 0 aromatic heterocycles. The van der Waals surface area contributed by atoms with Crippen LogP contribution in [0.15, 0.2) is 4.99 Å². The van der Waals surface area contributed by atoms with Gasteiger partial charge in [0.15, 0.2) is 5.96 Å². The molecule has 3 nitrogen and oxygen atoms in total. The lowest BCUT2D eigenvalue weighted by Crippen LogP contribution is -2.43. The van der Waals surface area contributed by atoms with Gasteiger partial charge in [0, 0.05) is 17.8 Å². The van der Waals surface area contributed by atoms with E-state index in [4.69, 9.17) is 5.73 Å². The summed E-state index contributed by atoms with van der Waals surface area (Å²) < 4.78 is 0. The molecule has 1 saturated carbocycles. The Hall–Kier alpha value is -0.380. The average molecular weight is 243 g/mol. The third-order valence-corrected chi connectivity index (χ3v) is 4.03. The van der Waals surface area contributed by atoms with Gasteiger partial charge < -0.3 is 11.1 Å². The predicted octanol–water partition coefficient (Wildman–Crippen LogP) is 2.22. The summed E-state index contributed by atoms with van der Waals surface area (Å²) >= 11 is 1.97. The van der Waals surface area contributed by atoms with Gasteiger partial charge in [-0.3, -0.25) is 4.99 Å². The largest absolute Gasteiger partial charge is 0.370 e. The summed E-state index contributed by atoms with van der Waals surface area (Å²) in [5.41, 5.74) is 5.87. The van der Waals surface area contributed by atoms with E-state index in [1.807, 2.05) is 11.8 Å². The van der Waals surface area contributed by atoms with Gasteiger partial charge in [-0.1, -0.05) is 20.3 Å². The van der Waals surface area contributed by atoms with E-state index in [0.717, 1.165) is 11.8 Å². The number of nitrogens with one attached hydrogen (secondary N) is 1. The summed E-state index contributed by atoms with van der Waals surface area (Å²) in [6.45, 7) is 5.12. The van der Waals surface area contributed by atoms with Crippen LogP contribution >= 0.6 is 11.8 Å². The second-order valence-corrected chi connectivity index (χ2v) is 6.12. The molecule has 16 heavy (non-hydrogen) atoms. The Morgan fingerprint density at radius 1 is 1.50 bits per heavy atom. The van der Waals surface area contributed by atoms with Crippen LogP contribution in [-0.4, -0.2) is 30.1 Å². The highest BCUT2D eigenvalue weighted by Gasteiger charge is 2.21. The van der Waals surface area contributed by atoms with Gasteiger partial charge in [0.05, 0.1) is 0 Å². The topological polar surface area (TPSA) is 50.4 Å². The number of aliphatic imine (C=N–C) groups is 1. The fourth-order valence-electron chi connectivity index (χ4n) is 2.03. The smallest absolute Gasteiger partial charge is 0.188 e. The number of nitrogens with zero attached hydrogens (tertiary/aromatic N) is 1. The number of hydrogen-bond acceptors (Lipinski definition) is 2. The van der Waals surface area contributed by atoms with E-state index >= 15 is 0 Å². The van der Waals surface area contributed by atoms with Crippen LogP contribution in [-0.2, 0) is 0 Å². The maximum Gasteiger partial charge on any atom is 0.188 e. The summed E-state index contributed by atoms with van der Waals surface area (Å²) in [7, 11) is 0. The lowest BCUT2D eigenvalue weighted by Gasteiger charge is -2.29. The van der Waals surface area contributed by atoms with Crippen LogP contribution in [0.2, 0.25) is 0 Å². The van der Waals surface area contributed by atoms with Gasteiger partial charge in [-0.15, -0.1) is 0 Å². The van der Waals surface area contributed by atoms with Crippen molar-refractivity contribution >= 4 is 17.7 Å². The van der Waals surface area contributed by atoms with Gasteiger partial charge >= 0.3 is 0 Å². The molecule has 1 aliphatic rings. The second kappa shape index (κ2) is 7.05. The molecule has 94 valence electrons. The Morgan fingerprint density at radius 3 is 2.88 bits per heavy atom. The second-order valence-electron chi connectivity index (χ2n) is 4.99. The van der Waals surface area contributed by atoms with Crippen LogP contribution in [0, 0.1) is 5.92 Å². The zero-order chi connectivity index (χ0) is 12.0. The van der Waals surface area contributed by atoms with Crippen LogP contribution in [0.5, 0.6) is 0 Å². The molecular formula is C12H25N3S. The fraction of sp³-hybridized carbons (Fsp3) is 0.917. The van der Waals surface area contributed by atoms with Gasteiger partial charge in [-0.2, -0.15) is 11.8 Å². The first kappa shape index (κ1) is 13.7. The third kappa shape index (κ3) is 5.10. The molecule has 1 fully saturated rings. The third-order valence-electron chi connectivity index (χ3n) is 2.94. The summed E-state index contributed by atoms with van der Waals surface area (Å²) in [6.07, 6.45) is 7.31. The zero-order valence-corrected chi connectivity index (χ0v) is 11.5. The maximum absolute atomic E-state index is 5.87. The van der Waals surface area contributed by atoms with Crippen LogP contribution < -0.4 is 11.1 Å². The van der Waals surface area contributed by atoms with Gasteiger partial charge in [0.25, 0.3) is 0 Å². The molecule has 0 aromatic carbocycles. The number of guanidine groups is 1. The van der Waals surface area contributed by atoms with E-state index in [1.165, 1.54) is 25.7 Å². The van der Waals surface area contributed by atoms with Crippen molar-refractivity contribution in [3.63, 3.8) is 0 Å². The minimum atomic E-state index is 0.530. The van der Waals surface area contributed by atoms with E-state index in [-0.39, 0.29) is 0 Å². The van der Waals surface area contributed by atoms with Gasteiger partial charge in [0.2, 0.25) is 0 Å². The Labute approximate surface area is 104 Å². The fourth-order valence-corrected chi connectivity index (χ4v) is 2.85. The lowest BCUT2D eigenvalue weighted by molar-refractivity contribution is 0.421. The van der Waals surface area contributed by atoms with Crippen LogP contribution in [0.3, 0.4) is 0 Å². The number of thioether (sulfide) groups is 1. The van der Waals surface area contributed by atoms with Crippen molar-refractivity contribution in [2.75, 3.05) is 12.8 Å². The maximum atomic E-state index is 5.87. The molecule has 0 bridgehead atoms. The minimum Gasteiger partial charge on any atom is -0.370 e. The summed E-state index contributed by atoms with van der Waals surface area (Å²) in [4.78, 5) is 4.35. The number of nitrogens with two attached hydrogens (primary N) is 1. The molecular weight excluding hydrogens is 218 g/mol. The van der Waals surface area contributed by atoms with Crippen molar-refractivity contribution in [1.82, 2.24) is 5.32 Å². The molecule has 3 N–H and O–H groups in total. The highest BCUT2D eigenvalue weighted by Crippen LogP contribution is 2.26. The van der Waals surface area contributed by atoms with Gasteiger partial charge in [-0.05, 0) is 31.4 Å². The molecule has 1 rings (SSSR count). The van der Waals surface area contributed by atoms with Crippen LogP contribution in [0.25, 0.3) is 0 Å². The molecule has 0 aromatic rings. The number of rotatable bonds is 4. The van der Waals surface area contributed by atoms with Crippen molar-refractivity contribution < 1.29 is 0 Å². The monoisotopic (exact) mass is 243 g/mol. The molecule has 0 amide bonds. The zero-order valence-electron chi connectivity index (χ0n) is 10.7. The summed E-state index contributed by atoms with van der Waals surface area (Å²) in [5.74, 6) is 1.20. The molecule has 2 atom stereocenters. The summed E-state index contributed by atoms with van der Waals surface area (Å²) in [6, 6.07) is 0.530. The Morgan fingerprint density at radius 2 is 2.25 bits per heavy atom. The Kier molecular flexibility index (Phi) is 6.03. The number of hydrogen-bond donors (Lipinski definition) is 2. The molecule has 4 heteroatoms. The van der Waals surface area contributed by atoms with Crippen molar-refractivity contribution in [2.45, 2.75) is 50.8 Å². The quantitative estimate of drug-likeness (QED) is 0.588. The molecule has 0 aliphatic heterocycles. The highest BCUT2D eigenvalue weighted by atomic mass is 32.2. The lowest BCUT2D eigenvalue weighted by atomic mass is 9.95. The van der Waals surface area contributed by atoms with Crippen LogP contribution in [0.1, 0.15) is 39.5 Å². The molecule has 2 unspecified atom stereocenters. The van der Waals surface area contributed by atoms with Crippen molar-refractivity contribution in [2.24, 2.45) is 16.6 Å². The Balaban J connectivity index is 2.32. The first-order valence-electron chi connectivity index (χ1n) is 6.21. The van der Waals surface area contributed by atoms with Crippen molar-refractivity contribution in [3.05, 3.63) is 0 Å². The van der Waals surface area contributed by atoms with Gasteiger partial charge in [-0.25, -0.2) is 0 Å². The van der Waals surface area contributed by atoms with Crippen LogP contribution in [0.4, 0.5) is 0 Å². The molecule has 0 radical (unpaired) electrons. The van der Waals surface area contributed by atoms with Crippen molar-refractivity contribution in [1.29, 1.82) is 0 Å². The average Bonchev–Trinajstić information content (AvgIpc) is 2.26. The minimum absolute atomic E-state index is 0.530. The van der Waals surface area contributed by atoms with E-state index in [9.17, 15) is 0 Å². The highest BCUT2D eigenvalue weighted by molar-refractivity contribution is 7.99. The van der Waals surface area contributed by atoms with E-state index in [0.29, 0.717) is 17.9 Å². The molecule has 0 saturated heterocycles. The first-order chi connectivity index (χ1) is 7.61. The van der Waals surface area contributed by atoms with E-state index < -0.39 is 0 Å². The van der Waals surface area contributed by atoms with Gasteiger partial charge in [0.1, 0.15) is 0 Å². The summed E-state index contributed by atoms with van der Waals surface area (Å²) in [5, 5.41) is 4.15.